The number of hydrogen-bond donors (Lipinski definition) is 1. The van der Waals surface area contributed by atoms with Crippen molar-refractivity contribution in [1.29, 1.82) is 0 Å². The van der Waals surface area contributed by atoms with Crippen molar-refractivity contribution < 1.29 is 0 Å². The first-order chi connectivity index (χ1) is 6.93. The molecule has 3 fully saturated rings. The highest BCUT2D eigenvalue weighted by Crippen LogP contribution is 2.49. The van der Waals surface area contributed by atoms with E-state index in [1.54, 1.807) is 19.3 Å². The molecule has 0 aliphatic heterocycles. The van der Waals surface area contributed by atoms with Crippen LogP contribution in [0.15, 0.2) is 0 Å². The van der Waals surface area contributed by atoms with E-state index in [9.17, 15) is 0 Å². The monoisotopic (exact) mass is 193 g/mol. The summed E-state index contributed by atoms with van der Waals surface area (Å²) in [5.41, 5.74) is 0. The number of rotatable bonds is 4. The van der Waals surface area contributed by atoms with E-state index in [0.717, 1.165) is 23.8 Å². The normalized spacial score (nSPS) is 38.6. The molecule has 80 valence electrons. The molecule has 0 aromatic heterocycles. The van der Waals surface area contributed by atoms with Crippen molar-refractivity contribution in [3.63, 3.8) is 0 Å². The molecule has 14 heavy (non-hydrogen) atoms. The quantitative estimate of drug-likeness (QED) is 0.724. The predicted molar refractivity (Wildman–Crippen MR) is 59.2 cm³/mol. The van der Waals surface area contributed by atoms with Crippen LogP contribution in [0.3, 0.4) is 0 Å². The lowest BCUT2D eigenvalue weighted by atomic mass is 9.85. The van der Waals surface area contributed by atoms with Crippen LogP contribution in [0.4, 0.5) is 0 Å². The van der Waals surface area contributed by atoms with Crippen LogP contribution in [-0.4, -0.2) is 12.6 Å². The van der Waals surface area contributed by atoms with Gasteiger partial charge in [-0.05, 0) is 43.6 Å². The van der Waals surface area contributed by atoms with Crippen molar-refractivity contribution in [2.45, 2.75) is 57.4 Å². The lowest BCUT2D eigenvalue weighted by molar-refractivity contribution is 0.308. The van der Waals surface area contributed by atoms with Gasteiger partial charge < -0.3 is 5.32 Å². The molecule has 0 saturated heterocycles. The minimum atomic E-state index is 0.919. The van der Waals surface area contributed by atoms with E-state index >= 15 is 0 Å². The molecule has 1 nitrogen and oxygen atoms in total. The molecule has 3 rings (SSSR count). The van der Waals surface area contributed by atoms with Gasteiger partial charge in [0, 0.05) is 6.04 Å². The molecule has 3 aliphatic rings. The second-order valence-electron chi connectivity index (χ2n) is 5.74. The van der Waals surface area contributed by atoms with Gasteiger partial charge in [0.05, 0.1) is 0 Å². The minimum Gasteiger partial charge on any atom is -0.314 e. The van der Waals surface area contributed by atoms with Gasteiger partial charge in [0.25, 0.3) is 0 Å². The topological polar surface area (TPSA) is 12.0 Å². The molecule has 0 aromatic carbocycles. The third-order valence-corrected chi connectivity index (χ3v) is 4.48. The van der Waals surface area contributed by atoms with Crippen LogP contribution >= 0.6 is 0 Å². The third kappa shape index (κ3) is 2.13. The Labute approximate surface area is 87.7 Å². The molecule has 1 N–H and O–H groups in total. The van der Waals surface area contributed by atoms with Gasteiger partial charge in [-0.2, -0.15) is 0 Å². The highest BCUT2D eigenvalue weighted by atomic mass is 15.0. The molecule has 2 atom stereocenters. The fourth-order valence-corrected chi connectivity index (χ4v) is 3.25. The van der Waals surface area contributed by atoms with Gasteiger partial charge in [-0.25, -0.2) is 0 Å². The van der Waals surface area contributed by atoms with Gasteiger partial charge in [-0.1, -0.05) is 32.1 Å². The Morgan fingerprint density at radius 1 is 0.929 bits per heavy atom. The first kappa shape index (κ1) is 9.21. The fraction of sp³-hybridized carbons (Fsp3) is 1.00. The molecular weight excluding hydrogens is 170 g/mol. The summed E-state index contributed by atoms with van der Waals surface area (Å²) in [6.07, 6.45) is 12.1. The van der Waals surface area contributed by atoms with E-state index in [4.69, 9.17) is 0 Å². The van der Waals surface area contributed by atoms with Crippen LogP contribution in [0.25, 0.3) is 0 Å². The predicted octanol–water partition coefficient (Wildman–Crippen LogP) is 2.95. The van der Waals surface area contributed by atoms with E-state index in [-0.39, 0.29) is 0 Å². The highest BCUT2D eigenvalue weighted by molar-refractivity contribution is 4.95. The van der Waals surface area contributed by atoms with Gasteiger partial charge in [-0.15, -0.1) is 0 Å². The zero-order valence-corrected chi connectivity index (χ0v) is 9.17. The summed E-state index contributed by atoms with van der Waals surface area (Å²) in [6, 6.07) is 0.919. The second-order valence-corrected chi connectivity index (χ2v) is 5.74. The van der Waals surface area contributed by atoms with Gasteiger partial charge in [0.1, 0.15) is 0 Å². The van der Waals surface area contributed by atoms with E-state index in [1.165, 1.54) is 38.6 Å². The molecule has 0 spiro atoms. The Morgan fingerprint density at radius 2 is 1.71 bits per heavy atom. The Hall–Kier alpha value is -0.0400. The van der Waals surface area contributed by atoms with Gasteiger partial charge in [0.2, 0.25) is 0 Å². The Kier molecular flexibility index (Phi) is 2.53. The third-order valence-electron chi connectivity index (χ3n) is 4.48. The summed E-state index contributed by atoms with van der Waals surface area (Å²) >= 11 is 0. The fourth-order valence-electron chi connectivity index (χ4n) is 3.25. The van der Waals surface area contributed by atoms with E-state index in [0.29, 0.717) is 0 Å². The van der Waals surface area contributed by atoms with Gasteiger partial charge in [-0.3, -0.25) is 0 Å². The molecule has 0 bridgehead atoms. The first-order valence-corrected chi connectivity index (χ1v) is 6.67. The Bertz CT molecular complexity index is 191. The van der Waals surface area contributed by atoms with Gasteiger partial charge in [0.15, 0.2) is 0 Å². The maximum absolute atomic E-state index is 3.69. The van der Waals surface area contributed by atoms with E-state index < -0.39 is 0 Å². The summed E-state index contributed by atoms with van der Waals surface area (Å²) in [7, 11) is 0. The van der Waals surface area contributed by atoms with Crippen LogP contribution in [-0.2, 0) is 0 Å². The van der Waals surface area contributed by atoms with E-state index in [1.807, 2.05) is 0 Å². The van der Waals surface area contributed by atoms with Crippen molar-refractivity contribution in [3.05, 3.63) is 0 Å². The molecule has 1 heteroatoms. The minimum absolute atomic E-state index is 0.919. The van der Waals surface area contributed by atoms with Crippen LogP contribution in [0.5, 0.6) is 0 Å². The Balaban J connectivity index is 1.38. The maximum atomic E-state index is 3.69. The van der Waals surface area contributed by atoms with Crippen LogP contribution in [0.2, 0.25) is 0 Å². The zero-order valence-electron chi connectivity index (χ0n) is 9.17. The van der Waals surface area contributed by atoms with Crippen molar-refractivity contribution in [3.8, 4) is 0 Å². The molecule has 3 aliphatic carbocycles. The lowest BCUT2D eigenvalue weighted by Crippen LogP contribution is -2.21. The molecule has 2 unspecified atom stereocenters. The average molecular weight is 193 g/mol. The van der Waals surface area contributed by atoms with Crippen molar-refractivity contribution in [2.24, 2.45) is 17.8 Å². The van der Waals surface area contributed by atoms with Crippen molar-refractivity contribution >= 4 is 0 Å². The first-order valence-electron chi connectivity index (χ1n) is 6.67. The van der Waals surface area contributed by atoms with Crippen LogP contribution in [0, 0.1) is 17.8 Å². The highest BCUT2D eigenvalue weighted by Gasteiger charge is 2.42. The summed E-state index contributed by atoms with van der Waals surface area (Å²) in [4.78, 5) is 0. The van der Waals surface area contributed by atoms with Crippen LogP contribution in [0.1, 0.15) is 51.4 Å². The molecule has 0 aromatic rings. The number of nitrogens with one attached hydrogen (secondary N) is 1. The molecule has 3 saturated carbocycles. The summed E-state index contributed by atoms with van der Waals surface area (Å²) in [5, 5.41) is 3.69. The standard InChI is InChI=1S/C13H23N/c1-2-4-10(5-3-1)13-8-11(13)9-14-12-6-7-12/h10-14H,1-9H2. The second kappa shape index (κ2) is 3.84. The average Bonchev–Trinajstić information content (AvgIpc) is 3.12. The molecule has 0 radical (unpaired) electrons. The summed E-state index contributed by atoms with van der Waals surface area (Å²) in [6.45, 7) is 1.34. The number of hydrogen-bond acceptors (Lipinski definition) is 1. The van der Waals surface area contributed by atoms with Crippen LogP contribution < -0.4 is 5.32 Å². The SMILES string of the molecule is C1CCC(C2CC2CNC2CC2)CC1. The molecular formula is C13H23N. The largest absolute Gasteiger partial charge is 0.314 e. The van der Waals surface area contributed by atoms with Crippen molar-refractivity contribution in [1.82, 2.24) is 5.32 Å². The van der Waals surface area contributed by atoms with Gasteiger partial charge >= 0.3 is 0 Å². The van der Waals surface area contributed by atoms with E-state index in [2.05, 4.69) is 5.32 Å². The molecule has 0 heterocycles. The smallest absolute Gasteiger partial charge is 0.00683 e. The summed E-state index contributed by atoms with van der Waals surface area (Å²) < 4.78 is 0. The maximum Gasteiger partial charge on any atom is 0.00683 e. The Morgan fingerprint density at radius 3 is 2.43 bits per heavy atom. The lowest BCUT2D eigenvalue weighted by Gasteiger charge is -2.21. The summed E-state index contributed by atoms with van der Waals surface area (Å²) in [5.74, 6) is 3.31. The molecule has 0 amide bonds. The zero-order chi connectivity index (χ0) is 9.38. The van der Waals surface area contributed by atoms with Crippen molar-refractivity contribution in [2.75, 3.05) is 6.54 Å².